The van der Waals surface area contributed by atoms with Crippen LogP contribution >= 0.6 is 7.60 Å². The van der Waals surface area contributed by atoms with Crippen molar-refractivity contribution >= 4 is 24.9 Å². The molecule has 1 atom stereocenters. The van der Waals surface area contributed by atoms with Crippen LogP contribution in [0, 0.1) is 12.7 Å². The largest absolute Gasteiger partial charge is 0.496 e. The number of hydrogen-bond acceptors (Lipinski definition) is 7. The molecule has 0 fully saturated rings. The van der Waals surface area contributed by atoms with Gasteiger partial charge in [-0.1, -0.05) is 12.1 Å². The van der Waals surface area contributed by atoms with Crippen molar-refractivity contribution in [2.45, 2.75) is 38.6 Å². The van der Waals surface area contributed by atoms with E-state index >= 15 is 0 Å². The highest BCUT2D eigenvalue weighted by Crippen LogP contribution is 2.45. The van der Waals surface area contributed by atoms with Gasteiger partial charge in [-0.3, -0.25) is 9.36 Å². The number of carbonyl (C=O) groups excluding carboxylic acids is 1. The summed E-state index contributed by atoms with van der Waals surface area (Å²) in [4.78, 5) is 33.6. The molecule has 12 heteroatoms. The van der Waals surface area contributed by atoms with Crippen LogP contribution in [0.1, 0.15) is 25.0 Å². The number of aliphatic hydroxyl groups excluding tert-OH is 1. The number of aryl methyl sites for hydroxylation is 1. The number of benzene rings is 3. The van der Waals surface area contributed by atoms with Crippen LogP contribution in [0.15, 0.2) is 48.5 Å². The lowest BCUT2D eigenvalue weighted by molar-refractivity contribution is -0.121. The van der Waals surface area contributed by atoms with Crippen molar-refractivity contribution in [1.82, 2.24) is 0 Å². The van der Waals surface area contributed by atoms with Crippen molar-refractivity contribution in [2.24, 2.45) is 0 Å². The molecule has 4 N–H and O–H groups in total. The molecule has 3 aromatic carbocycles. The number of fused-ring (bicyclic) bond motifs is 1. The lowest BCUT2D eigenvalue weighted by Gasteiger charge is -2.39. The van der Waals surface area contributed by atoms with E-state index in [1.807, 2.05) is 19.1 Å². The Balaban J connectivity index is 1.78. The highest BCUT2D eigenvalue weighted by Gasteiger charge is 2.39. The van der Waals surface area contributed by atoms with Gasteiger partial charge in [0.15, 0.2) is 0 Å². The molecular weight excluding hydrogens is 554 g/mol. The first-order valence-corrected chi connectivity index (χ1v) is 14.5. The Morgan fingerprint density at radius 3 is 2.41 bits per heavy atom. The first-order valence-electron chi connectivity index (χ1n) is 12.8. The van der Waals surface area contributed by atoms with Crippen molar-refractivity contribution in [3.05, 3.63) is 65.5 Å². The van der Waals surface area contributed by atoms with Crippen LogP contribution in [0.3, 0.4) is 0 Å². The first kappa shape index (κ1) is 30.3. The van der Waals surface area contributed by atoms with Crippen molar-refractivity contribution in [3.63, 3.8) is 0 Å². The molecule has 41 heavy (non-hydrogen) atoms. The number of carbonyl (C=O) groups is 1. The molecule has 0 aromatic heterocycles. The number of hydrogen-bond donors (Lipinski definition) is 4. The summed E-state index contributed by atoms with van der Waals surface area (Å²) in [6, 6.07) is 12.9. The van der Waals surface area contributed by atoms with Crippen molar-refractivity contribution < 1.29 is 42.9 Å². The average molecular weight is 589 g/mol. The van der Waals surface area contributed by atoms with Crippen molar-refractivity contribution in [1.29, 1.82) is 0 Å². The van der Waals surface area contributed by atoms with Crippen LogP contribution in [0.4, 0.5) is 15.8 Å². The molecule has 0 radical (unpaired) electrons. The summed E-state index contributed by atoms with van der Waals surface area (Å²) >= 11 is 0. The molecule has 0 aliphatic carbocycles. The van der Waals surface area contributed by atoms with E-state index in [0.29, 0.717) is 33.9 Å². The van der Waals surface area contributed by atoms with Gasteiger partial charge in [-0.25, -0.2) is 4.39 Å². The Hall–Kier alpha value is -3.63. The molecule has 0 spiro atoms. The maximum Gasteiger partial charge on any atom is 0.334 e. The molecule has 0 saturated heterocycles. The normalized spacial score (nSPS) is 15.1. The zero-order chi connectivity index (χ0) is 30.1. The number of methoxy groups -OCH3 is 1. The fraction of sp³-hybridized carbons (Fsp3) is 0.345. The van der Waals surface area contributed by atoms with Crippen LogP contribution < -0.4 is 24.4 Å². The quantitative estimate of drug-likeness (QED) is 0.253. The number of nitrogens with one attached hydrogen (secondary N) is 1. The van der Waals surface area contributed by atoms with Gasteiger partial charge in [-0.2, -0.15) is 0 Å². The number of amides is 1. The second-order valence-corrected chi connectivity index (χ2v) is 12.3. The third kappa shape index (κ3) is 6.33. The van der Waals surface area contributed by atoms with Crippen molar-refractivity contribution in [2.75, 3.05) is 37.6 Å². The Morgan fingerprint density at radius 2 is 1.76 bits per heavy atom. The molecule has 10 nitrogen and oxygen atoms in total. The van der Waals surface area contributed by atoms with Gasteiger partial charge in [-0.05, 0) is 56.2 Å². The molecule has 1 aliphatic heterocycles. The van der Waals surface area contributed by atoms with E-state index in [1.165, 1.54) is 19.2 Å². The fourth-order valence-corrected chi connectivity index (χ4v) is 5.22. The number of likely N-dealkylation sites (N-methyl/N-ethyl adjacent to an activating group) is 1. The molecule has 0 saturated carbocycles. The maximum atomic E-state index is 14.0. The Bertz CT molecular complexity index is 1510. The number of ether oxygens (including phenoxy) is 3. The van der Waals surface area contributed by atoms with Gasteiger partial charge >= 0.3 is 7.60 Å². The topological polar surface area (TPSA) is 138 Å². The molecule has 0 unspecified atom stereocenters. The lowest BCUT2D eigenvalue weighted by atomic mass is 9.91. The Kier molecular flexibility index (Phi) is 8.65. The van der Waals surface area contributed by atoms with E-state index in [2.05, 4.69) is 5.32 Å². The SMILES string of the molecule is COc1cc(OC[C@H](CO)P(=O)(O)O)ccc1-c1ccc2c(c1COc1cc(F)ccc1C)N(C)C(=O)C(C)(C)N2. The summed E-state index contributed by atoms with van der Waals surface area (Å²) in [5.41, 5.74) is 1.85. The number of halogens is 1. The molecule has 3 aromatic rings. The van der Waals surface area contributed by atoms with Gasteiger partial charge in [-0.15, -0.1) is 0 Å². The third-order valence-corrected chi connectivity index (χ3v) is 8.28. The molecule has 1 amide bonds. The number of nitrogens with zero attached hydrogens (tertiary/aromatic N) is 1. The van der Waals surface area contributed by atoms with Crippen molar-refractivity contribution in [3.8, 4) is 28.4 Å². The molecule has 4 rings (SSSR count). The molecule has 1 aliphatic rings. The van der Waals surface area contributed by atoms with Crippen LogP contribution in [0.2, 0.25) is 0 Å². The second kappa shape index (κ2) is 11.7. The Labute approximate surface area is 237 Å². The number of aliphatic hydroxyl groups is 1. The maximum absolute atomic E-state index is 14.0. The van der Waals surface area contributed by atoms with Crippen LogP contribution in [-0.2, 0) is 16.0 Å². The standard InChI is InChI=1S/C29H34FN2O8P/c1-17-6-7-18(30)12-25(17)40-16-23-21(10-11-24-27(23)32(4)28(34)29(2,3)31-24)22-9-8-19(13-26(22)38-5)39-15-20(14-33)41(35,36)37/h6-13,20,31,33H,14-16H2,1-5H3,(H2,35,36,37)/t20-/m0/s1. The minimum absolute atomic E-state index is 0.00436. The molecule has 0 bridgehead atoms. The van der Waals surface area contributed by atoms with Crippen LogP contribution in [0.25, 0.3) is 11.1 Å². The monoisotopic (exact) mass is 588 g/mol. The smallest absolute Gasteiger partial charge is 0.334 e. The first-order chi connectivity index (χ1) is 19.3. The van der Waals surface area contributed by atoms with Crippen LogP contribution in [-0.4, -0.2) is 59.4 Å². The summed E-state index contributed by atoms with van der Waals surface area (Å²) in [6.07, 6.45) is 0. The summed E-state index contributed by atoms with van der Waals surface area (Å²) in [5, 5.41) is 12.6. The molecular formula is C29H34FN2O8P. The summed E-state index contributed by atoms with van der Waals surface area (Å²) in [7, 11) is -1.39. The molecule has 1 heterocycles. The van der Waals surface area contributed by atoms with Gasteiger partial charge < -0.3 is 39.3 Å². The zero-order valence-electron chi connectivity index (χ0n) is 23.5. The average Bonchev–Trinajstić information content (AvgIpc) is 2.91. The fourth-order valence-electron chi connectivity index (χ4n) is 4.74. The molecule has 220 valence electrons. The highest BCUT2D eigenvalue weighted by atomic mass is 31.2. The summed E-state index contributed by atoms with van der Waals surface area (Å²) in [6.45, 7) is 4.27. The van der Waals surface area contributed by atoms with E-state index < -0.39 is 37.8 Å². The lowest BCUT2D eigenvalue weighted by Crippen LogP contribution is -2.52. The number of anilines is 2. The third-order valence-electron chi connectivity index (χ3n) is 7.02. The van der Waals surface area contributed by atoms with Gasteiger partial charge in [0, 0.05) is 30.3 Å². The van der Waals surface area contributed by atoms with E-state index in [-0.39, 0.29) is 18.3 Å². The van der Waals surface area contributed by atoms with E-state index in [1.54, 1.807) is 50.1 Å². The highest BCUT2D eigenvalue weighted by molar-refractivity contribution is 7.52. The van der Waals surface area contributed by atoms with E-state index in [4.69, 9.17) is 14.2 Å². The summed E-state index contributed by atoms with van der Waals surface area (Å²) in [5.74, 6) is 0.450. The second-order valence-electron chi connectivity index (χ2n) is 10.4. The van der Waals surface area contributed by atoms with E-state index in [9.17, 15) is 28.6 Å². The van der Waals surface area contributed by atoms with Gasteiger partial charge in [0.2, 0.25) is 0 Å². The predicted molar refractivity (Wildman–Crippen MR) is 153 cm³/mol. The van der Waals surface area contributed by atoms with Crippen LogP contribution in [0.5, 0.6) is 17.2 Å². The van der Waals surface area contributed by atoms with Gasteiger partial charge in [0.05, 0.1) is 25.1 Å². The predicted octanol–water partition coefficient (Wildman–Crippen LogP) is 4.47. The zero-order valence-corrected chi connectivity index (χ0v) is 24.4. The Morgan fingerprint density at radius 1 is 1.05 bits per heavy atom. The van der Waals surface area contributed by atoms with Gasteiger partial charge in [0.25, 0.3) is 5.91 Å². The minimum Gasteiger partial charge on any atom is -0.496 e. The van der Waals surface area contributed by atoms with Gasteiger partial charge in [0.1, 0.15) is 47.5 Å². The summed E-state index contributed by atoms with van der Waals surface area (Å²) < 4.78 is 42.9. The minimum atomic E-state index is -4.55. The number of rotatable bonds is 10. The van der Waals surface area contributed by atoms with E-state index in [0.717, 1.165) is 11.3 Å².